The SMILES string of the molecule is CCc1csc(N(CCCBr)C2CCC2)n1. The Morgan fingerprint density at radius 2 is 2.38 bits per heavy atom. The molecule has 1 aliphatic rings. The van der Waals surface area contributed by atoms with E-state index in [0.717, 1.165) is 24.3 Å². The Hall–Kier alpha value is -0.0900. The van der Waals surface area contributed by atoms with E-state index in [1.54, 1.807) is 0 Å². The van der Waals surface area contributed by atoms with Gasteiger partial charge in [-0.05, 0) is 32.1 Å². The molecule has 0 N–H and O–H groups in total. The number of nitrogens with zero attached hydrogens (tertiary/aromatic N) is 2. The van der Waals surface area contributed by atoms with Crippen LogP contribution in [0.5, 0.6) is 0 Å². The average molecular weight is 303 g/mol. The van der Waals surface area contributed by atoms with Crippen LogP contribution < -0.4 is 4.90 Å². The van der Waals surface area contributed by atoms with Crippen LogP contribution in [0, 0.1) is 0 Å². The first-order valence-corrected chi connectivity index (χ1v) is 8.12. The molecule has 0 radical (unpaired) electrons. The van der Waals surface area contributed by atoms with Gasteiger partial charge in [-0.2, -0.15) is 0 Å². The molecule has 16 heavy (non-hydrogen) atoms. The summed E-state index contributed by atoms with van der Waals surface area (Å²) in [6.45, 7) is 3.32. The number of aryl methyl sites for hydroxylation is 1. The van der Waals surface area contributed by atoms with Crippen molar-refractivity contribution in [1.29, 1.82) is 0 Å². The van der Waals surface area contributed by atoms with E-state index < -0.39 is 0 Å². The molecule has 1 fully saturated rings. The van der Waals surface area contributed by atoms with Crippen LogP contribution in [0.4, 0.5) is 5.13 Å². The fraction of sp³-hybridized carbons (Fsp3) is 0.750. The van der Waals surface area contributed by atoms with Crippen LogP contribution in [0.3, 0.4) is 0 Å². The van der Waals surface area contributed by atoms with Gasteiger partial charge in [0.2, 0.25) is 0 Å². The van der Waals surface area contributed by atoms with Crippen molar-refractivity contribution >= 4 is 32.4 Å². The number of halogens is 1. The van der Waals surface area contributed by atoms with Gasteiger partial charge in [-0.15, -0.1) is 11.3 Å². The summed E-state index contributed by atoms with van der Waals surface area (Å²) >= 11 is 5.32. The summed E-state index contributed by atoms with van der Waals surface area (Å²) in [6.07, 6.45) is 6.35. The maximum Gasteiger partial charge on any atom is 0.185 e. The van der Waals surface area contributed by atoms with Crippen LogP contribution in [0.2, 0.25) is 0 Å². The van der Waals surface area contributed by atoms with E-state index in [0.29, 0.717) is 0 Å². The number of alkyl halides is 1. The first kappa shape index (κ1) is 12.4. The Kier molecular flexibility index (Phi) is 4.65. The zero-order valence-corrected chi connectivity index (χ0v) is 12.2. The van der Waals surface area contributed by atoms with Crippen LogP contribution >= 0.6 is 27.3 Å². The topological polar surface area (TPSA) is 16.1 Å². The van der Waals surface area contributed by atoms with Crippen LogP contribution in [-0.2, 0) is 6.42 Å². The monoisotopic (exact) mass is 302 g/mol. The predicted octanol–water partition coefficient (Wildman–Crippen LogP) is 3.85. The van der Waals surface area contributed by atoms with Crippen molar-refractivity contribution in [2.45, 2.75) is 45.1 Å². The minimum absolute atomic E-state index is 0.759. The van der Waals surface area contributed by atoms with E-state index in [9.17, 15) is 0 Å². The highest BCUT2D eigenvalue weighted by molar-refractivity contribution is 9.09. The number of hydrogen-bond donors (Lipinski definition) is 0. The average Bonchev–Trinajstić information content (AvgIpc) is 2.69. The normalized spacial score (nSPS) is 16.1. The lowest BCUT2D eigenvalue weighted by Gasteiger charge is -2.37. The van der Waals surface area contributed by atoms with Crippen LogP contribution in [0.15, 0.2) is 5.38 Å². The maximum absolute atomic E-state index is 4.71. The highest BCUT2D eigenvalue weighted by atomic mass is 79.9. The fourth-order valence-electron chi connectivity index (χ4n) is 1.95. The lowest BCUT2D eigenvalue weighted by Crippen LogP contribution is -2.41. The molecule has 0 bridgehead atoms. The minimum Gasteiger partial charge on any atom is -0.345 e. The summed E-state index contributed by atoms with van der Waals surface area (Å²) in [5.74, 6) is 0. The Balaban J connectivity index is 2.04. The molecular weight excluding hydrogens is 284 g/mol. The van der Waals surface area contributed by atoms with Gasteiger partial charge in [0.25, 0.3) is 0 Å². The molecule has 2 nitrogen and oxygen atoms in total. The highest BCUT2D eigenvalue weighted by Crippen LogP contribution is 2.31. The van der Waals surface area contributed by atoms with Crippen LogP contribution in [-0.4, -0.2) is 22.9 Å². The van der Waals surface area contributed by atoms with E-state index in [1.165, 1.54) is 36.5 Å². The highest BCUT2D eigenvalue weighted by Gasteiger charge is 2.26. The summed E-state index contributed by atoms with van der Waals surface area (Å²) in [5, 5.41) is 4.53. The fourth-order valence-corrected chi connectivity index (χ4v) is 3.21. The molecule has 1 saturated carbocycles. The number of aromatic nitrogens is 1. The summed E-state index contributed by atoms with van der Waals surface area (Å²) in [4.78, 5) is 7.24. The van der Waals surface area contributed by atoms with E-state index in [4.69, 9.17) is 4.98 Å². The second-order valence-corrected chi connectivity index (χ2v) is 5.93. The molecule has 2 rings (SSSR count). The van der Waals surface area contributed by atoms with E-state index in [1.807, 2.05) is 11.3 Å². The van der Waals surface area contributed by atoms with Crippen molar-refractivity contribution in [2.24, 2.45) is 0 Å². The maximum atomic E-state index is 4.71. The molecule has 0 unspecified atom stereocenters. The molecule has 0 saturated heterocycles. The summed E-state index contributed by atoms with van der Waals surface area (Å²) in [7, 11) is 0. The molecule has 0 amide bonds. The first-order valence-electron chi connectivity index (χ1n) is 6.12. The third-order valence-electron chi connectivity index (χ3n) is 3.20. The van der Waals surface area contributed by atoms with Gasteiger partial charge in [-0.25, -0.2) is 4.98 Å². The van der Waals surface area contributed by atoms with Crippen molar-refractivity contribution in [3.05, 3.63) is 11.1 Å². The second-order valence-electron chi connectivity index (χ2n) is 4.30. The van der Waals surface area contributed by atoms with E-state index >= 15 is 0 Å². The molecule has 0 aromatic carbocycles. The van der Waals surface area contributed by atoms with Crippen molar-refractivity contribution in [1.82, 2.24) is 4.98 Å². The van der Waals surface area contributed by atoms with E-state index in [-0.39, 0.29) is 0 Å². The van der Waals surface area contributed by atoms with Crippen molar-refractivity contribution in [2.75, 3.05) is 16.8 Å². The van der Waals surface area contributed by atoms with Gasteiger partial charge in [0, 0.05) is 23.3 Å². The van der Waals surface area contributed by atoms with Gasteiger partial charge in [0.05, 0.1) is 5.69 Å². The second kappa shape index (κ2) is 6.01. The number of anilines is 1. The van der Waals surface area contributed by atoms with Crippen molar-refractivity contribution < 1.29 is 0 Å². The Morgan fingerprint density at radius 3 is 2.88 bits per heavy atom. The van der Waals surface area contributed by atoms with Gasteiger partial charge in [0.15, 0.2) is 5.13 Å². The van der Waals surface area contributed by atoms with E-state index in [2.05, 4.69) is 33.1 Å². The molecule has 0 spiro atoms. The van der Waals surface area contributed by atoms with Gasteiger partial charge in [-0.1, -0.05) is 22.9 Å². The molecule has 1 aliphatic carbocycles. The minimum atomic E-state index is 0.759. The lowest BCUT2D eigenvalue weighted by molar-refractivity contribution is 0.386. The standard InChI is InChI=1S/C12H19BrN2S/c1-2-10-9-16-12(14-10)15(8-4-7-13)11-5-3-6-11/h9,11H,2-8H2,1H3. The number of thiazole rings is 1. The first-order chi connectivity index (χ1) is 7.85. The molecular formula is C12H19BrN2S. The molecule has 0 aliphatic heterocycles. The van der Waals surface area contributed by atoms with Gasteiger partial charge < -0.3 is 4.90 Å². The van der Waals surface area contributed by atoms with Gasteiger partial charge >= 0.3 is 0 Å². The Morgan fingerprint density at radius 1 is 1.56 bits per heavy atom. The van der Waals surface area contributed by atoms with Crippen LogP contribution in [0.25, 0.3) is 0 Å². The van der Waals surface area contributed by atoms with Gasteiger partial charge in [0.1, 0.15) is 0 Å². The molecule has 1 aromatic rings. The molecule has 0 atom stereocenters. The molecule has 1 aromatic heterocycles. The Labute approximate surface area is 110 Å². The Bertz CT molecular complexity index is 323. The summed E-state index contributed by atoms with van der Waals surface area (Å²) in [6, 6.07) is 0.759. The van der Waals surface area contributed by atoms with Crippen molar-refractivity contribution in [3.8, 4) is 0 Å². The summed E-state index contributed by atoms with van der Waals surface area (Å²) in [5.41, 5.74) is 1.24. The zero-order valence-electron chi connectivity index (χ0n) is 9.79. The van der Waals surface area contributed by atoms with Crippen LogP contribution in [0.1, 0.15) is 38.3 Å². The number of hydrogen-bond acceptors (Lipinski definition) is 3. The third-order valence-corrected chi connectivity index (χ3v) is 4.68. The zero-order chi connectivity index (χ0) is 11.4. The van der Waals surface area contributed by atoms with Gasteiger partial charge in [-0.3, -0.25) is 0 Å². The lowest BCUT2D eigenvalue weighted by atomic mass is 9.92. The smallest absolute Gasteiger partial charge is 0.185 e. The quantitative estimate of drug-likeness (QED) is 0.742. The molecule has 4 heteroatoms. The predicted molar refractivity (Wildman–Crippen MR) is 74.9 cm³/mol. The summed E-state index contributed by atoms with van der Waals surface area (Å²) < 4.78 is 0. The third kappa shape index (κ3) is 2.77. The molecule has 1 heterocycles. The largest absolute Gasteiger partial charge is 0.345 e. The number of rotatable bonds is 6. The van der Waals surface area contributed by atoms with Crippen molar-refractivity contribution in [3.63, 3.8) is 0 Å². The molecule has 90 valence electrons.